The molecule has 0 atom stereocenters. The summed E-state index contributed by atoms with van der Waals surface area (Å²) < 4.78 is 5.81. The van der Waals surface area contributed by atoms with E-state index in [4.69, 9.17) is 16.0 Å². The van der Waals surface area contributed by atoms with Gasteiger partial charge < -0.3 is 9.73 Å². The number of halogens is 1. The van der Waals surface area contributed by atoms with E-state index in [1.807, 2.05) is 36.6 Å². The molecule has 0 radical (unpaired) electrons. The maximum Gasteiger partial charge on any atom is 0.265 e. The van der Waals surface area contributed by atoms with E-state index < -0.39 is 0 Å². The molecule has 0 aliphatic carbocycles. The fraction of sp³-hybridized carbons (Fsp3) is 0.0526. The number of aryl methyl sites for hydroxylation is 1. The quantitative estimate of drug-likeness (QED) is 0.499. The molecule has 0 saturated heterocycles. The monoisotopic (exact) mass is 368 g/mol. The van der Waals surface area contributed by atoms with E-state index in [0.29, 0.717) is 27.0 Å². The number of thiophene rings is 1. The lowest BCUT2D eigenvalue weighted by molar-refractivity contribution is 0.103. The molecular formula is C19H13ClN2O2S. The van der Waals surface area contributed by atoms with E-state index in [2.05, 4.69) is 10.3 Å². The third-order valence-electron chi connectivity index (χ3n) is 3.75. The zero-order valence-electron chi connectivity index (χ0n) is 13.2. The van der Waals surface area contributed by atoms with Crippen LogP contribution in [0.3, 0.4) is 0 Å². The van der Waals surface area contributed by atoms with Crippen LogP contribution < -0.4 is 5.32 Å². The topological polar surface area (TPSA) is 55.1 Å². The summed E-state index contributed by atoms with van der Waals surface area (Å²) in [5.74, 6) is 0.304. The molecule has 0 aliphatic rings. The van der Waals surface area contributed by atoms with Gasteiger partial charge in [0, 0.05) is 5.69 Å². The molecule has 4 nitrogen and oxygen atoms in total. The molecule has 2 heterocycles. The van der Waals surface area contributed by atoms with Crippen LogP contribution in [0.2, 0.25) is 5.02 Å². The van der Waals surface area contributed by atoms with Gasteiger partial charge in [-0.25, -0.2) is 4.98 Å². The van der Waals surface area contributed by atoms with Crippen LogP contribution in [0.15, 0.2) is 58.3 Å². The highest BCUT2D eigenvalue weighted by Gasteiger charge is 2.14. The SMILES string of the molecule is Cc1ccc2nc(-c3ccc(NC(=O)c4cccs4)cc3Cl)oc2c1. The number of aromatic nitrogens is 1. The highest BCUT2D eigenvalue weighted by atomic mass is 35.5. The first-order valence-electron chi connectivity index (χ1n) is 7.62. The smallest absolute Gasteiger partial charge is 0.265 e. The number of anilines is 1. The van der Waals surface area contributed by atoms with E-state index in [1.54, 1.807) is 24.3 Å². The van der Waals surface area contributed by atoms with Gasteiger partial charge in [-0.15, -0.1) is 11.3 Å². The molecule has 25 heavy (non-hydrogen) atoms. The molecule has 2 aromatic carbocycles. The average molecular weight is 369 g/mol. The van der Waals surface area contributed by atoms with Crippen LogP contribution in [-0.2, 0) is 0 Å². The summed E-state index contributed by atoms with van der Waals surface area (Å²) in [6.45, 7) is 2.00. The third kappa shape index (κ3) is 3.16. The molecule has 4 rings (SSSR count). The van der Waals surface area contributed by atoms with Gasteiger partial charge in [0.2, 0.25) is 5.89 Å². The van der Waals surface area contributed by atoms with Gasteiger partial charge in [-0.2, -0.15) is 0 Å². The Hall–Kier alpha value is -2.63. The van der Waals surface area contributed by atoms with Crippen molar-refractivity contribution in [2.24, 2.45) is 0 Å². The van der Waals surface area contributed by atoms with Gasteiger partial charge in [-0.1, -0.05) is 23.7 Å². The second-order valence-corrected chi connectivity index (χ2v) is 6.97. The average Bonchev–Trinajstić information content (AvgIpc) is 3.24. The lowest BCUT2D eigenvalue weighted by atomic mass is 10.2. The Balaban J connectivity index is 1.63. The molecule has 2 aromatic heterocycles. The van der Waals surface area contributed by atoms with Crippen molar-refractivity contribution >= 4 is 45.6 Å². The molecule has 6 heteroatoms. The molecule has 4 aromatic rings. The summed E-state index contributed by atoms with van der Waals surface area (Å²) in [4.78, 5) is 17.2. The summed E-state index contributed by atoms with van der Waals surface area (Å²) in [6.07, 6.45) is 0. The Morgan fingerprint density at radius 2 is 2.08 bits per heavy atom. The normalized spacial score (nSPS) is 11.0. The van der Waals surface area contributed by atoms with Crippen LogP contribution in [0.25, 0.3) is 22.6 Å². The zero-order valence-corrected chi connectivity index (χ0v) is 14.8. The first-order valence-corrected chi connectivity index (χ1v) is 8.88. The molecular weight excluding hydrogens is 356 g/mol. The fourth-order valence-electron chi connectivity index (χ4n) is 2.51. The highest BCUT2D eigenvalue weighted by molar-refractivity contribution is 7.12. The van der Waals surface area contributed by atoms with Crippen LogP contribution >= 0.6 is 22.9 Å². The van der Waals surface area contributed by atoms with E-state index >= 15 is 0 Å². The number of nitrogens with one attached hydrogen (secondary N) is 1. The lowest BCUT2D eigenvalue weighted by Crippen LogP contribution is -2.09. The molecule has 124 valence electrons. The summed E-state index contributed by atoms with van der Waals surface area (Å²) in [5, 5.41) is 5.16. The summed E-state index contributed by atoms with van der Waals surface area (Å²) in [7, 11) is 0. The fourth-order valence-corrected chi connectivity index (χ4v) is 3.39. The van der Waals surface area contributed by atoms with E-state index in [1.165, 1.54) is 11.3 Å². The number of benzene rings is 2. The largest absolute Gasteiger partial charge is 0.436 e. The summed E-state index contributed by atoms with van der Waals surface area (Å²) >= 11 is 7.77. The number of nitrogens with zero attached hydrogens (tertiary/aromatic N) is 1. The molecule has 1 amide bonds. The van der Waals surface area contributed by atoms with Gasteiger partial charge in [0.05, 0.1) is 15.5 Å². The van der Waals surface area contributed by atoms with Gasteiger partial charge in [0.1, 0.15) is 5.52 Å². The van der Waals surface area contributed by atoms with Crippen molar-refractivity contribution in [3.8, 4) is 11.5 Å². The van der Waals surface area contributed by atoms with Gasteiger partial charge in [-0.3, -0.25) is 4.79 Å². The molecule has 0 aliphatic heterocycles. The minimum atomic E-state index is -0.156. The van der Waals surface area contributed by atoms with Crippen molar-refractivity contribution in [2.75, 3.05) is 5.32 Å². The van der Waals surface area contributed by atoms with E-state index in [-0.39, 0.29) is 5.91 Å². The lowest BCUT2D eigenvalue weighted by Gasteiger charge is -2.06. The van der Waals surface area contributed by atoms with Crippen LogP contribution in [-0.4, -0.2) is 10.9 Å². The third-order valence-corrected chi connectivity index (χ3v) is 4.93. The number of carbonyl (C=O) groups is 1. The maximum atomic E-state index is 12.1. The highest BCUT2D eigenvalue weighted by Crippen LogP contribution is 2.32. The second-order valence-electron chi connectivity index (χ2n) is 5.62. The molecule has 0 saturated carbocycles. The van der Waals surface area contributed by atoms with Crippen molar-refractivity contribution in [2.45, 2.75) is 6.92 Å². The van der Waals surface area contributed by atoms with Crippen molar-refractivity contribution in [1.82, 2.24) is 4.98 Å². The number of fused-ring (bicyclic) bond motifs is 1. The Morgan fingerprint density at radius 1 is 1.20 bits per heavy atom. The van der Waals surface area contributed by atoms with Crippen molar-refractivity contribution in [1.29, 1.82) is 0 Å². The molecule has 0 fully saturated rings. The number of hydrogen-bond donors (Lipinski definition) is 1. The Kier molecular flexibility index (Phi) is 4.03. The van der Waals surface area contributed by atoms with Crippen LogP contribution in [0, 0.1) is 6.92 Å². The van der Waals surface area contributed by atoms with Gasteiger partial charge in [0.15, 0.2) is 5.58 Å². The molecule has 0 bridgehead atoms. The predicted molar refractivity (Wildman–Crippen MR) is 101 cm³/mol. The van der Waals surface area contributed by atoms with Gasteiger partial charge >= 0.3 is 0 Å². The first-order chi connectivity index (χ1) is 12.1. The van der Waals surface area contributed by atoms with E-state index in [9.17, 15) is 4.79 Å². The minimum Gasteiger partial charge on any atom is -0.436 e. The molecule has 1 N–H and O–H groups in total. The van der Waals surface area contributed by atoms with Crippen molar-refractivity contribution < 1.29 is 9.21 Å². The van der Waals surface area contributed by atoms with Crippen LogP contribution in [0.5, 0.6) is 0 Å². The number of amides is 1. The standard InChI is InChI=1S/C19H13ClN2O2S/c1-11-4-7-15-16(9-11)24-19(22-15)13-6-5-12(10-14(13)20)21-18(23)17-3-2-8-25-17/h2-10H,1H3,(H,21,23). The summed E-state index contributed by atoms with van der Waals surface area (Å²) in [6, 6.07) is 14.7. The van der Waals surface area contributed by atoms with Crippen molar-refractivity contribution in [3.63, 3.8) is 0 Å². The molecule has 0 unspecified atom stereocenters. The van der Waals surface area contributed by atoms with Gasteiger partial charge in [0.25, 0.3) is 5.91 Å². The summed E-state index contributed by atoms with van der Waals surface area (Å²) in [5.41, 5.74) is 3.92. The number of rotatable bonds is 3. The number of oxazole rings is 1. The predicted octanol–water partition coefficient (Wildman–Crippen LogP) is 5.77. The van der Waals surface area contributed by atoms with Crippen molar-refractivity contribution in [3.05, 3.63) is 69.4 Å². The van der Waals surface area contributed by atoms with Gasteiger partial charge in [-0.05, 0) is 54.3 Å². The minimum absolute atomic E-state index is 0.156. The Bertz CT molecular complexity index is 1070. The zero-order chi connectivity index (χ0) is 17.4. The molecule has 0 spiro atoms. The number of carbonyl (C=O) groups excluding carboxylic acids is 1. The maximum absolute atomic E-state index is 12.1. The van der Waals surface area contributed by atoms with Crippen LogP contribution in [0.4, 0.5) is 5.69 Å². The second kappa shape index (κ2) is 6.35. The Labute approximate surface area is 153 Å². The van der Waals surface area contributed by atoms with E-state index in [0.717, 1.165) is 16.7 Å². The van der Waals surface area contributed by atoms with Crippen LogP contribution in [0.1, 0.15) is 15.2 Å². The Morgan fingerprint density at radius 3 is 2.84 bits per heavy atom. The first kappa shape index (κ1) is 15.9. The number of hydrogen-bond acceptors (Lipinski definition) is 4.